The molecule has 0 unspecified atom stereocenters. The number of anilines is 1. The van der Waals surface area contributed by atoms with E-state index in [9.17, 15) is 14.9 Å². The molecule has 0 heterocycles. The van der Waals surface area contributed by atoms with Gasteiger partial charge in [0, 0.05) is 26.1 Å². The first-order chi connectivity index (χ1) is 9.88. The smallest absolute Gasteiger partial charge is 0.270 e. The van der Waals surface area contributed by atoms with Crippen molar-refractivity contribution < 1.29 is 9.72 Å². The van der Waals surface area contributed by atoms with Crippen LogP contribution >= 0.6 is 43.5 Å². The van der Waals surface area contributed by atoms with E-state index < -0.39 is 4.92 Å². The van der Waals surface area contributed by atoms with Crippen LogP contribution < -0.4 is 5.32 Å². The van der Waals surface area contributed by atoms with Gasteiger partial charge in [-0.05, 0) is 56.1 Å². The van der Waals surface area contributed by atoms with Crippen LogP contribution in [0.25, 0.3) is 0 Å². The van der Waals surface area contributed by atoms with Crippen molar-refractivity contribution in [1.29, 1.82) is 0 Å². The highest BCUT2D eigenvalue weighted by atomic mass is 79.9. The van der Waals surface area contributed by atoms with E-state index in [1.165, 1.54) is 18.2 Å². The largest absolute Gasteiger partial charge is 0.321 e. The van der Waals surface area contributed by atoms with Crippen LogP contribution in [0.1, 0.15) is 10.4 Å². The molecule has 21 heavy (non-hydrogen) atoms. The lowest BCUT2D eigenvalue weighted by Gasteiger charge is -2.09. The Balaban J connectivity index is 2.25. The summed E-state index contributed by atoms with van der Waals surface area (Å²) in [5, 5.41) is 13.8. The van der Waals surface area contributed by atoms with Crippen LogP contribution in [0.5, 0.6) is 0 Å². The molecule has 1 amide bonds. The van der Waals surface area contributed by atoms with Crippen molar-refractivity contribution in [2.24, 2.45) is 0 Å². The number of non-ortho nitro benzene ring substituents is 1. The lowest BCUT2D eigenvalue weighted by molar-refractivity contribution is -0.384. The van der Waals surface area contributed by atoms with Gasteiger partial charge in [0.1, 0.15) is 0 Å². The molecule has 0 bridgehead atoms. The van der Waals surface area contributed by atoms with E-state index in [0.717, 1.165) is 0 Å². The van der Waals surface area contributed by atoms with Gasteiger partial charge in [-0.2, -0.15) is 0 Å². The zero-order valence-electron chi connectivity index (χ0n) is 10.3. The number of carbonyl (C=O) groups excluding carboxylic acids is 1. The van der Waals surface area contributed by atoms with Crippen molar-refractivity contribution in [2.45, 2.75) is 0 Å². The van der Waals surface area contributed by atoms with Gasteiger partial charge < -0.3 is 5.32 Å². The molecule has 0 radical (unpaired) electrons. The van der Waals surface area contributed by atoms with Crippen molar-refractivity contribution in [3.63, 3.8) is 0 Å². The van der Waals surface area contributed by atoms with Gasteiger partial charge >= 0.3 is 0 Å². The lowest BCUT2D eigenvalue weighted by Crippen LogP contribution is -2.13. The Morgan fingerprint density at radius 1 is 1.14 bits per heavy atom. The van der Waals surface area contributed by atoms with Gasteiger partial charge in [0.25, 0.3) is 11.6 Å². The fraction of sp³-hybridized carbons (Fsp3) is 0. The first-order valence-corrected chi connectivity index (χ1v) is 7.55. The Hall–Kier alpha value is -1.44. The topological polar surface area (TPSA) is 72.2 Å². The summed E-state index contributed by atoms with van der Waals surface area (Å²) in [6.45, 7) is 0. The number of nitrogens with one attached hydrogen (secondary N) is 1. The van der Waals surface area contributed by atoms with Crippen LogP contribution in [0.15, 0.2) is 45.3 Å². The van der Waals surface area contributed by atoms with Crippen molar-refractivity contribution >= 4 is 60.7 Å². The first-order valence-electron chi connectivity index (χ1n) is 5.59. The van der Waals surface area contributed by atoms with Gasteiger partial charge in [-0.1, -0.05) is 11.6 Å². The predicted molar refractivity (Wildman–Crippen MR) is 87.9 cm³/mol. The molecule has 0 saturated heterocycles. The second-order valence-electron chi connectivity index (χ2n) is 4.00. The molecule has 0 spiro atoms. The van der Waals surface area contributed by atoms with E-state index in [1.54, 1.807) is 18.2 Å². The molecule has 5 nitrogen and oxygen atoms in total. The van der Waals surface area contributed by atoms with E-state index in [1.807, 2.05) is 0 Å². The highest BCUT2D eigenvalue weighted by Crippen LogP contribution is 2.28. The number of nitrogens with zero attached hydrogens (tertiary/aromatic N) is 1. The Bertz CT molecular complexity index is 737. The molecule has 0 aliphatic carbocycles. The molecule has 2 aromatic rings. The maximum absolute atomic E-state index is 12.2. The van der Waals surface area contributed by atoms with Gasteiger partial charge in [-0.3, -0.25) is 14.9 Å². The number of nitro benzene ring substituents is 1. The molecule has 0 aliphatic rings. The Morgan fingerprint density at radius 2 is 1.86 bits per heavy atom. The van der Waals surface area contributed by atoms with Crippen LogP contribution in [0.2, 0.25) is 5.02 Å². The van der Waals surface area contributed by atoms with Crippen molar-refractivity contribution in [1.82, 2.24) is 0 Å². The monoisotopic (exact) mass is 432 g/mol. The summed E-state index contributed by atoms with van der Waals surface area (Å²) in [6, 6.07) is 8.91. The number of benzene rings is 2. The van der Waals surface area contributed by atoms with Gasteiger partial charge in [0.2, 0.25) is 0 Å². The second kappa shape index (κ2) is 6.55. The average Bonchev–Trinajstić information content (AvgIpc) is 2.40. The fourth-order valence-corrected chi connectivity index (χ4v) is 2.91. The Labute approximate surface area is 141 Å². The van der Waals surface area contributed by atoms with E-state index in [2.05, 4.69) is 37.2 Å². The summed E-state index contributed by atoms with van der Waals surface area (Å²) < 4.78 is 0.987. The third-order valence-corrected chi connectivity index (χ3v) is 4.13. The molecule has 2 aromatic carbocycles. The van der Waals surface area contributed by atoms with Crippen LogP contribution in [-0.4, -0.2) is 10.8 Å². The molecule has 0 aliphatic heterocycles. The van der Waals surface area contributed by atoms with Gasteiger partial charge in [-0.15, -0.1) is 0 Å². The molecule has 108 valence electrons. The zero-order valence-corrected chi connectivity index (χ0v) is 14.2. The SMILES string of the molecule is O=C(Nc1ccc([N+](=O)[O-])cc1Br)c1ccc(Cl)cc1Br. The van der Waals surface area contributed by atoms with Crippen LogP contribution in [0.3, 0.4) is 0 Å². The molecule has 0 aromatic heterocycles. The van der Waals surface area contributed by atoms with Crippen molar-refractivity contribution in [3.8, 4) is 0 Å². The second-order valence-corrected chi connectivity index (χ2v) is 6.14. The number of hydrogen-bond donors (Lipinski definition) is 1. The molecule has 1 N–H and O–H groups in total. The summed E-state index contributed by atoms with van der Waals surface area (Å²) in [5.74, 6) is -0.354. The summed E-state index contributed by atoms with van der Waals surface area (Å²) in [5.41, 5.74) is 0.782. The standard InChI is InChI=1S/C13H7Br2ClN2O3/c14-10-5-7(16)1-3-9(10)13(19)17-12-4-2-8(18(20)21)6-11(12)15/h1-6H,(H,17,19). The minimum Gasteiger partial charge on any atom is -0.321 e. The minimum atomic E-state index is -0.508. The first kappa shape index (κ1) is 15.9. The molecule has 0 atom stereocenters. The van der Waals surface area contributed by atoms with E-state index in [4.69, 9.17) is 11.6 Å². The average molecular weight is 434 g/mol. The van der Waals surface area contributed by atoms with Crippen molar-refractivity contribution in [3.05, 3.63) is 66.0 Å². The summed E-state index contributed by atoms with van der Waals surface area (Å²) in [4.78, 5) is 22.3. The predicted octanol–water partition coefficient (Wildman–Crippen LogP) is 5.03. The fourth-order valence-electron chi connectivity index (χ4n) is 1.58. The number of hydrogen-bond acceptors (Lipinski definition) is 3. The third-order valence-electron chi connectivity index (χ3n) is 2.59. The molecule has 0 fully saturated rings. The van der Waals surface area contributed by atoms with E-state index in [-0.39, 0.29) is 11.6 Å². The number of rotatable bonds is 3. The van der Waals surface area contributed by atoms with Crippen LogP contribution in [0, 0.1) is 10.1 Å². The summed E-state index contributed by atoms with van der Waals surface area (Å²) >= 11 is 12.3. The Kier molecular flexibility index (Phi) is 4.97. The van der Waals surface area contributed by atoms with E-state index >= 15 is 0 Å². The number of halogens is 3. The number of amides is 1. The Morgan fingerprint density at radius 3 is 2.43 bits per heavy atom. The highest BCUT2D eigenvalue weighted by molar-refractivity contribution is 9.11. The maximum Gasteiger partial charge on any atom is 0.270 e. The zero-order chi connectivity index (χ0) is 15.6. The third kappa shape index (κ3) is 3.81. The molecule has 8 heteroatoms. The number of nitro groups is 1. The molecule has 0 saturated carbocycles. The van der Waals surface area contributed by atoms with Gasteiger partial charge in [0.05, 0.1) is 16.2 Å². The summed E-state index contributed by atoms with van der Waals surface area (Å²) in [6.07, 6.45) is 0. The van der Waals surface area contributed by atoms with Crippen LogP contribution in [0.4, 0.5) is 11.4 Å². The number of carbonyl (C=O) groups is 1. The summed E-state index contributed by atoms with van der Waals surface area (Å²) in [7, 11) is 0. The molecular weight excluding hydrogens is 427 g/mol. The van der Waals surface area contributed by atoms with E-state index in [0.29, 0.717) is 25.2 Å². The maximum atomic E-state index is 12.2. The quantitative estimate of drug-likeness (QED) is 0.544. The van der Waals surface area contributed by atoms with Gasteiger partial charge in [-0.25, -0.2) is 0 Å². The lowest BCUT2D eigenvalue weighted by atomic mass is 10.2. The molecular formula is C13H7Br2ClN2O3. The normalized spacial score (nSPS) is 10.2. The van der Waals surface area contributed by atoms with Crippen molar-refractivity contribution in [2.75, 3.05) is 5.32 Å². The highest BCUT2D eigenvalue weighted by Gasteiger charge is 2.14. The molecule has 2 rings (SSSR count). The minimum absolute atomic E-state index is 0.0625. The van der Waals surface area contributed by atoms with Crippen LogP contribution in [-0.2, 0) is 0 Å². The van der Waals surface area contributed by atoms with Gasteiger partial charge in [0.15, 0.2) is 0 Å².